The van der Waals surface area contributed by atoms with Crippen LogP contribution in [0.25, 0.3) is 0 Å². The summed E-state index contributed by atoms with van der Waals surface area (Å²) in [4.78, 5) is 30.5. The second-order valence-corrected chi connectivity index (χ2v) is 10.5. The fraction of sp³-hybridized carbons (Fsp3) is 0.600. The molecule has 2 aliphatic heterocycles. The number of Topliss-reactive ketones (excluding diaryl/α,β-unsaturated/α-hetero) is 1. The first kappa shape index (κ1) is 18.8. The SMILES string of the molecule is CC12CCC3c4ccc(Oc5nc(N6CC6)nc(N6CC6)n5)cc4CCC3C1CCC2=O. The minimum absolute atomic E-state index is 0.0645. The Morgan fingerprint density at radius 1 is 0.969 bits per heavy atom. The zero-order chi connectivity index (χ0) is 21.4. The van der Waals surface area contributed by atoms with Gasteiger partial charge in [0, 0.05) is 38.0 Å². The van der Waals surface area contributed by atoms with E-state index in [1.165, 1.54) is 17.5 Å². The number of ether oxygens (including phenoxy) is 1. The molecule has 0 amide bonds. The number of rotatable bonds is 4. The first-order chi connectivity index (χ1) is 15.6. The van der Waals surface area contributed by atoms with Crippen LogP contribution in [0.1, 0.15) is 56.1 Å². The van der Waals surface area contributed by atoms with Crippen LogP contribution >= 0.6 is 0 Å². The molecule has 3 aliphatic carbocycles. The van der Waals surface area contributed by atoms with Crippen LogP contribution in [0.2, 0.25) is 0 Å². The first-order valence-corrected chi connectivity index (χ1v) is 12.2. The van der Waals surface area contributed by atoms with E-state index in [-0.39, 0.29) is 5.41 Å². The molecule has 4 fully saturated rings. The van der Waals surface area contributed by atoms with E-state index in [0.717, 1.165) is 64.0 Å². The maximum Gasteiger partial charge on any atom is 0.328 e. The summed E-state index contributed by atoms with van der Waals surface area (Å²) in [7, 11) is 0. The topological polar surface area (TPSA) is 71.0 Å². The molecule has 1 aromatic carbocycles. The third kappa shape index (κ3) is 2.93. The molecular formula is C25H29N5O2. The van der Waals surface area contributed by atoms with E-state index >= 15 is 0 Å². The van der Waals surface area contributed by atoms with Crippen molar-refractivity contribution in [1.29, 1.82) is 0 Å². The van der Waals surface area contributed by atoms with Gasteiger partial charge in [-0.2, -0.15) is 15.0 Å². The second-order valence-electron chi connectivity index (χ2n) is 10.5. The molecule has 4 unspecified atom stereocenters. The molecule has 166 valence electrons. The van der Waals surface area contributed by atoms with Crippen molar-refractivity contribution in [3.05, 3.63) is 29.3 Å². The molecule has 3 heterocycles. The Kier molecular flexibility index (Phi) is 3.92. The van der Waals surface area contributed by atoms with Gasteiger partial charge in [-0.3, -0.25) is 4.79 Å². The second kappa shape index (κ2) is 6.65. The Balaban J connectivity index is 1.15. The zero-order valence-corrected chi connectivity index (χ0v) is 18.6. The summed E-state index contributed by atoms with van der Waals surface area (Å²) < 4.78 is 6.16. The van der Waals surface area contributed by atoms with Gasteiger partial charge >= 0.3 is 6.01 Å². The smallest absolute Gasteiger partial charge is 0.328 e. The van der Waals surface area contributed by atoms with Crippen LogP contribution < -0.4 is 14.5 Å². The van der Waals surface area contributed by atoms with Crippen molar-refractivity contribution in [2.75, 3.05) is 36.0 Å². The van der Waals surface area contributed by atoms with E-state index < -0.39 is 0 Å². The van der Waals surface area contributed by atoms with Gasteiger partial charge in [0.25, 0.3) is 0 Å². The highest BCUT2D eigenvalue weighted by molar-refractivity contribution is 5.87. The Bertz CT molecular complexity index is 1080. The lowest BCUT2D eigenvalue weighted by Crippen LogP contribution is -2.42. The molecule has 2 saturated carbocycles. The lowest BCUT2D eigenvalue weighted by molar-refractivity contribution is -0.129. The fourth-order valence-corrected chi connectivity index (χ4v) is 6.66. The maximum atomic E-state index is 12.6. The summed E-state index contributed by atoms with van der Waals surface area (Å²) in [6.07, 6.45) is 6.28. The minimum atomic E-state index is -0.0645. The van der Waals surface area contributed by atoms with Crippen LogP contribution in [0.15, 0.2) is 18.2 Å². The van der Waals surface area contributed by atoms with Crippen LogP contribution in [-0.4, -0.2) is 46.9 Å². The van der Waals surface area contributed by atoms with Gasteiger partial charge in [0.1, 0.15) is 11.5 Å². The summed E-state index contributed by atoms with van der Waals surface area (Å²) in [6.45, 7) is 6.22. The molecule has 7 heteroatoms. The van der Waals surface area contributed by atoms with Gasteiger partial charge in [0.05, 0.1) is 0 Å². The number of carbonyl (C=O) groups is 1. The number of nitrogens with zero attached hydrogens (tertiary/aromatic N) is 5. The molecule has 0 bridgehead atoms. The molecular weight excluding hydrogens is 402 g/mol. The molecule has 2 aromatic rings. The normalized spacial score (nSPS) is 32.3. The molecule has 2 saturated heterocycles. The summed E-state index contributed by atoms with van der Waals surface area (Å²) in [6, 6.07) is 6.91. The number of benzene rings is 1. The van der Waals surface area contributed by atoms with Crippen molar-refractivity contribution in [2.45, 2.75) is 51.4 Å². The predicted molar refractivity (Wildman–Crippen MR) is 120 cm³/mol. The third-order valence-electron chi connectivity index (χ3n) is 8.67. The van der Waals surface area contributed by atoms with Crippen molar-refractivity contribution in [3.8, 4) is 11.8 Å². The molecule has 1 aromatic heterocycles. The summed E-state index contributed by atoms with van der Waals surface area (Å²) in [5.74, 6) is 4.54. The highest BCUT2D eigenvalue weighted by Gasteiger charge is 2.54. The van der Waals surface area contributed by atoms with Gasteiger partial charge in [0.2, 0.25) is 11.9 Å². The number of anilines is 2. The highest BCUT2D eigenvalue weighted by Crippen LogP contribution is 2.59. The summed E-state index contributed by atoms with van der Waals surface area (Å²) >= 11 is 0. The Labute approximate surface area is 188 Å². The Morgan fingerprint density at radius 2 is 1.72 bits per heavy atom. The average Bonchev–Trinajstić information content (AvgIpc) is 3.70. The fourth-order valence-electron chi connectivity index (χ4n) is 6.66. The van der Waals surface area contributed by atoms with Gasteiger partial charge in [-0.05, 0) is 73.1 Å². The van der Waals surface area contributed by atoms with Crippen molar-refractivity contribution in [2.24, 2.45) is 17.3 Å². The van der Waals surface area contributed by atoms with Crippen LogP contribution in [-0.2, 0) is 11.2 Å². The zero-order valence-electron chi connectivity index (χ0n) is 18.6. The average molecular weight is 432 g/mol. The number of fused-ring (bicyclic) bond motifs is 5. The number of aromatic nitrogens is 3. The van der Waals surface area contributed by atoms with Crippen molar-refractivity contribution < 1.29 is 9.53 Å². The molecule has 32 heavy (non-hydrogen) atoms. The number of ketones is 1. The van der Waals surface area contributed by atoms with Gasteiger partial charge in [-0.1, -0.05) is 13.0 Å². The third-order valence-corrected chi connectivity index (χ3v) is 8.67. The van der Waals surface area contributed by atoms with E-state index in [1.807, 2.05) is 0 Å². The van der Waals surface area contributed by atoms with E-state index in [2.05, 4.69) is 49.9 Å². The standard InChI is InChI=1S/C25H29N5O2/c1-25-9-8-18-17-5-3-16(14-15(17)2-4-19(18)20(25)6-7-21(25)31)32-24-27-22(29-10-11-29)26-23(28-24)30-12-13-30/h3,5,14,18-20H,2,4,6-13H2,1H3. The lowest BCUT2D eigenvalue weighted by atomic mass is 9.55. The quantitative estimate of drug-likeness (QED) is 0.683. The van der Waals surface area contributed by atoms with Crippen LogP contribution in [0.4, 0.5) is 11.9 Å². The molecule has 7 rings (SSSR count). The van der Waals surface area contributed by atoms with E-state index in [9.17, 15) is 4.79 Å². The predicted octanol–water partition coefficient (Wildman–Crippen LogP) is 3.73. The molecule has 0 N–H and O–H groups in total. The summed E-state index contributed by atoms with van der Waals surface area (Å²) in [5, 5.41) is 0. The maximum absolute atomic E-state index is 12.6. The van der Waals surface area contributed by atoms with Crippen LogP contribution in [0.5, 0.6) is 11.8 Å². The number of hydrogen-bond acceptors (Lipinski definition) is 7. The van der Waals surface area contributed by atoms with Crippen molar-refractivity contribution in [3.63, 3.8) is 0 Å². The summed E-state index contributed by atoms with van der Waals surface area (Å²) in [5.41, 5.74) is 2.80. The Morgan fingerprint density at radius 3 is 2.44 bits per heavy atom. The molecule has 0 spiro atoms. The van der Waals surface area contributed by atoms with Gasteiger partial charge < -0.3 is 14.5 Å². The van der Waals surface area contributed by atoms with Crippen LogP contribution in [0, 0.1) is 17.3 Å². The Hall–Kier alpha value is -2.70. The van der Waals surface area contributed by atoms with E-state index in [4.69, 9.17) is 4.74 Å². The number of carbonyl (C=O) groups excluding carboxylic acids is 1. The number of aryl methyl sites for hydroxylation is 1. The van der Waals surface area contributed by atoms with E-state index in [0.29, 0.717) is 41.4 Å². The van der Waals surface area contributed by atoms with Gasteiger partial charge in [-0.15, -0.1) is 0 Å². The van der Waals surface area contributed by atoms with Crippen LogP contribution in [0.3, 0.4) is 0 Å². The lowest BCUT2D eigenvalue weighted by Gasteiger charge is -2.48. The van der Waals surface area contributed by atoms with Crippen molar-refractivity contribution >= 4 is 17.7 Å². The molecule has 0 radical (unpaired) electrons. The number of hydrogen-bond donors (Lipinski definition) is 0. The van der Waals surface area contributed by atoms with E-state index in [1.54, 1.807) is 0 Å². The molecule has 7 nitrogen and oxygen atoms in total. The first-order valence-electron chi connectivity index (χ1n) is 12.2. The monoisotopic (exact) mass is 431 g/mol. The molecule has 5 aliphatic rings. The van der Waals surface area contributed by atoms with Gasteiger partial charge in [0.15, 0.2) is 0 Å². The largest absolute Gasteiger partial charge is 0.424 e. The van der Waals surface area contributed by atoms with Gasteiger partial charge in [-0.25, -0.2) is 0 Å². The minimum Gasteiger partial charge on any atom is -0.424 e. The molecule has 4 atom stereocenters. The highest BCUT2D eigenvalue weighted by atomic mass is 16.5. The van der Waals surface area contributed by atoms with Crippen molar-refractivity contribution in [1.82, 2.24) is 15.0 Å².